The molecule has 0 aliphatic carbocycles. The Morgan fingerprint density at radius 2 is 1.97 bits per heavy atom. The van der Waals surface area contributed by atoms with Crippen LogP contribution in [0.15, 0.2) is 47.7 Å². The van der Waals surface area contributed by atoms with Gasteiger partial charge in [0.25, 0.3) is 0 Å². The second kappa shape index (κ2) is 13.6. The lowest BCUT2D eigenvalue weighted by atomic mass is 10.0. The summed E-state index contributed by atoms with van der Waals surface area (Å²) in [5.74, 6) is 1.97. The Hall–Kier alpha value is -1.61. The highest BCUT2D eigenvalue weighted by Crippen LogP contribution is 2.16. The number of benzene rings is 1. The predicted octanol–water partition coefficient (Wildman–Crippen LogP) is 3.52. The lowest BCUT2D eigenvalue weighted by Crippen LogP contribution is -2.41. The van der Waals surface area contributed by atoms with Crippen molar-refractivity contribution in [3.05, 3.63) is 54.1 Å². The van der Waals surface area contributed by atoms with E-state index in [4.69, 9.17) is 0 Å². The number of aromatic nitrogens is 2. The Morgan fingerprint density at radius 1 is 1.17 bits per heavy atom. The molecule has 2 heterocycles. The van der Waals surface area contributed by atoms with Gasteiger partial charge < -0.3 is 20.1 Å². The second-order valence-electron chi connectivity index (χ2n) is 7.87. The number of piperidine rings is 1. The first-order valence-electron chi connectivity index (χ1n) is 11.0. The van der Waals surface area contributed by atoms with Gasteiger partial charge in [0.05, 0.1) is 0 Å². The van der Waals surface area contributed by atoms with E-state index in [0.717, 1.165) is 50.3 Å². The molecule has 0 bridgehead atoms. The summed E-state index contributed by atoms with van der Waals surface area (Å²) in [4.78, 5) is 11.5. The molecule has 7 heteroatoms. The molecule has 3 rings (SSSR count). The van der Waals surface area contributed by atoms with Crippen molar-refractivity contribution in [2.24, 2.45) is 4.99 Å². The van der Waals surface area contributed by atoms with Gasteiger partial charge in [-0.3, -0.25) is 4.99 Å². The van der Waals surface area contributed by atoms with E-state index in [9.17, 15) is 0 Å². The normalized spacial score (nSPS) is 17.4. The molecule has 0 radical (unpaired) electrons. The van der Waals surface area contributed by atoms with Crippen LogP contribution in [0.5, 0.6) is 0 Å². The molecule has 1 aliphatic heterocycles. The molecule has 0 amide bonds. The third-order valence-electron chi connectivity index (χ3n) is 5.72. The number of nitrogens with zero attached hydrogens (tertiary/aromatic N) is 4. The van der Waals surface area contributed by atoms with Gasteiger partial charge in [-0.05, 0) is 38.3 Å². The van der Waals surface area contributed by atoms with Crippen LogP contribution in [0.1, 0.15) is 44.0 Å². The average molecular weight is 524 g/mol. The van der Waals surface area contributed by atoms with Gasteiger partial charge in [0.15, 0.2) is 5.96 Å². The lowest BCUT2D eigenvalue weighted by molar-refractivity contribution is 0.159. The smallest absolute Gasteiger partial charge is 0.190 e. The molecular formula is C23H37IN6. The first kappa shape index (κ1) is 24.7. The Balaban J connectivity index is 0.00000320. The number of rotatable bonds is 9. The molecule has 1 unspecified atom stereocenters. The van der Waals surface area contributed by atoms with Gasteiger partial charge in [0, 0.05) is 58.1 Å². The number of halogens is 1. The monoisotopic (exact) mass is 524 g/mol. The van der Waals surface area contributed by atoms with Crippen LogP contribution in [-0.2, 0) is 13.0 Å². The van der Waals surface area contributed by atoms with Crippen molar-refractivity contribution in [1.29, 1.82) is 0 Å². The lowest BCUT2D eigenvalue weighted by Gasteiger charge is -2.33. The molecule has 1 aliphatic rings. The molecule has 2 aromatic rings. The molecule has 30 heavy (non-hydrogen) atoms. The van der Waals surface area contributed by atoms with Crippen molar-refractivity contribution in [3.63, 3.8) is 0 Å². The highest BCUT2D eigenvalue weighted by Gasteiger charge is 2.17. The quantitative estimate of drug-likeness (QED) is 0.228. The SMILES string of the molecule is CN=C(NCCCN1CCCCC1C)NCCc1nccn1Cc1ccccc1.I. The summed E-state index contributed by atoms with van der Waals surface area (Å²) >= 11 is 0. The maximum absolute atomic E-state index is 4.53. The van der Waals surface area contributed by atoms with Gasteiger partial charge in [-0.15, -0.1) is 24.0 Å². The Labute approximate surface area is 198 Å². The van der Waals surface area contributed by atoms with Crippen molar-refractivity contribution in [1.82, 2.24) is 25.1 Å². The predicted molar refractivity (Wildman–Crippen MR) is 136 cm³/mol. The number of nitrogens with one attached hydrogen (secondary N) is 2. The summed E-state index contributed by atoms with van der Waals surface area (Å²) in [7, 11) is 1.83. The van der Waals surface area contributed by atoms with Gasteiger partial charge in [0.1, 0.15) is 5.82 Å². The second-order valence-corrected chi connectivity index (χ2v) is 7.87. The van der Waals surface area contributed by atoms with Crippen LogP contribution in [0.25, 0.3) is 0 Å². The molecule has 0 spiro atoms. The van der Waals surface area contributed by atoms with Crippen molar-refractivity contribution >= 4 is 29.9 Å². The standard InChI is InChI=1S/C23H36N6.HI/c1-20-9-6-7-16-28(20)17-8-13-26-23(24-2)27-14-12-22-25-15-18-29(22)19-21-10-4-3-5-11-21;/h3-5,10-11,15,18,20H,6-9,12-14,16-17,19H2,1-2H3,(H2,24,26,27);1H. The molecule has 1 fully saturated rings. The topological polar surface area (TPSA) is 57.5 Å². The minimum atomic E-state index is 0. The van der Waals surface area contributed by atoms with E-state index in [0.29, 0.717) is 0 Å². The summed E-state index contributed by atoms with van der Waals surface area (Å²) in [6, 6.07) is 11.2. The van der Waals surface area contributed by atoms with Crippen LogP contribution in [0.4, 0.5) is 0 Å². The first-order valence-corrected chi connectivity index (χ1v) is 11.0. The molecule has 1 aromatic carbocycles. The Bertz CT molecular complexity index is 745. The van der Waals surface area contributed by atoms with Crippen LogP contribution < -0.4 is 10.6 Å². The Kier molecular flexibility index (Phi) is 11.2. The third kappa shape index (κ3) is 7.91. The number of likely N-dealkylation sites (tertiary alicyclic amines) is 1. The van der Waals surface area contributed by atoms with Gasteiger partial charge in [-0.1, -0.05) is 36.8 Å². The van der Waals surface area contributed by atoms with E-state index in [1.54, 1.807) is 0 Å². The highest BCUT2D eigenvalue weighted by atomic mass is 127. The Morgan fingerprint density at radius 3 is 2.73 bits per heavy atom. The summed E-state index contributed by atoms with van der Waals surface area (Å²) in [5, 5.41) is 6.86. The maximum Gasteiger partial charge on any atom is 0.190 e. The van der Waals surface area contributed by atoms with Crippen molar-refractivity contribution < 1.29 is 0 Å². The van der Waals surface area contributed by atoms with Crippen LogP contribution in [0.2, 0.25) is 0 Å². The van der Waals surface area contributed by atoms with E-state index in [1.807, 2.05) is 19.3 Å². The summed E-state index contributed by atoms with van der Waals surface area (Å²) in [6.45, 7) is 7.40. The number of hydrogen-bond donors (Lipinski definition) is 2. The largest absolute Gasteiger partial charge is 0.356 e. The fourth-order valence-corrected chi connectivity index (χ4v) is 3.98. The van der Waals surface area contributed by atoms with Crippen molar-refractivity contribution in [2.75, 3.05) is 33.2 Å². The molecule has 1 aromatic heterocycles. The van der Waals surface area contributed by atoms with Crippen molar-refractivity contribution in [3.8, 4) is 0 Å². The molecule has 166 valence electrons. The van der Waals surface area contributed by atoms with Crippen LogP contribution in [0.3, 0.4) is 0 Å². The zero-order valence-corrected chi connectivity index (χ0v) is 20.7. The van der Waals surface area contributed by atoms with Crippen LogP contribution >= 0.6 is 24.0 Å². The molecular weight excluding hydrogens is 487 g/mol. The summed E-state index contributed by atoms with van der Waals surface area (Å²) in [5.41, 5.74) is 1.29. The zero-order chi connectivity index (χ0) is 20.3. The van der Waals surface area contributed by atoms with Crippen LogP contribution in [-0.4, -0.2) is 59.7 Å². The highest BCUT2D eigenvalue weighted by molar-refractivity contribution is 14.0. The third-order valence-corrected chi connectivity index (χ3v) is 5.72. The molecule has 1 atom stereocenters. The minimum absolute atomic E-state index is 0. The maximum atomic E-state index is 4.53. The number of imidazole rings is 1. The van der Waals surface area contributed by atoms with E-state index < -0.39 is 0 Å². The number of hydrogen-bond acceptors (Lipinski definition) is 3. The van der Waals surface area contributed by atoms with Gasteiger partial charge in [-0.25, -0.2) is 4.98 Å². The number of aliphatic imine (C=N–C) groups is 1. The van der Waals surface area contributed by atoms with E-state index in [1.165, 1.54) is 37.9 Å². The number of guanidine groups is 1. The van der Waals surface area contributed by atoms with Gasteiger partial charge in [0.2, 0.25) is 0 Å². The fourth-order valence-electron chi connectivity index (χ4n) is 3.98. The molecule has 0 saturated carbocycles. The fraction of sp³-hybridized carbons (Fsp3) is 0.565. The van der Waals surface area contributed by atoms with E-state index >= 15 is 0 Å². The van der Waals surface area contributed by atoms with E-state index in [2.05, 4.69) is 67.5 Å². The molecule has 1 saturated heterocycles. The molecule has 6 nitrogen and oxygen atoms in total. The summed E-state index contributed by atoms with van der Waals surface area (Å²) < 4.78 is 2.22. The zero-order valence-electron chi connectivity index (χ0n) is 18.4. The summed E-state index contributed by atoms with van der Waals surface area (Å²) in [6.07, 6.45) is 10.0. The van der Waals surface area contributed by atoms with Gasteiger partial charge in [-0.2, -0.15) is 0 Å². The van der Waals surface area contributed by atoms with Crippen LogP contribution in [0, 0.1) is 0 Å². The van der Waals surface area contributed by atoms with Crippen molar-refractivity contribution in [2.45, 2.75) is 51.6 Å². The van der Waals surface area contributed by atoms with E-state index in [-0.39, 0.29) is 24.0 Å². The van der Waals surface area contributed by atoms with Gasteiger partial charge >= 0.3 is 0 Å². The average Bonchev–Trinajstić information content (AvgIpc) is 3.18. The molecule has 2 N–H and O–H groups in total. The minimum Gasteiger partial charge on any atom is -0.356 e. The first-order chi connectivity index (χ1) is 14.3.